The van der Waals surface area contributed by atoms with Crippen molar-refractivity contribution in [2.75, 3.05) is 54.4 Å². The molecule has 2 aliphatic rings. The summed E-state index contributed by atoms with van der Waals surface area (Å²) in [5.41, 5.74) is -2.14. The molecule has 2 rings (SSSR count). The minimum atomic E-state index is -0.589. The second-order valence-corrected chi connectivity index (χ2v) is 15.5. The molecular formula is C28H55N4O6+2. The third-order valence-electron chi connectivity index (χ3n) is 8.18. The lowest BCUT2D eigenvalue weighted by Crippen LogP contribution is -2.61. The highest BCUT2D eigenvalue weighted by atomic mass is 16.6. The highest BCUT2D eigenvalue weighted by Gasteiger charge is 2.48. The van der Waals surface area contributed by atoms with Gasteiger partial charge in [0.2, 0.25) is 0 Å². The van der Waals surface area contributed by atoms with Crippen LogP contribution < -0.4 is 0 Å². The molecule has 2 fully saturated rings. The van der Waals surface area contributed by atoms with Gasteiger partial charge in [0, 0.05) is 47.8 Å². The molecule has 0 unspecified atom stereocenters. The summed E-state index contributed by atoms with van der Waals surface area (Å²) in [5, 5.41) is 25.6. The Morgan fingerprint density at radius 2 is 0.974 bits per heavy atom. The van der Waals surface area contributed by atoms with Crippen LogP contribution in [0.25, 0.3) is 0 Å². The third kappa shape index (κ3) is 8.60. The lowest BCUT2D eigenvalue weighted by atomic mass is 9.80. The average molecular weight is 544 g/mol. The molecule has 0 amide bonds. The number of piperidine rings is 2. The maximum Gasteiger partial charge on any atom is 0.362 e. The first-order valence-corrected chi connectivity index (χ1v) is 13.9. The minimum Gasteiger partial charge on any atom is -0.458 e. The molecule has 2 aliphatic heterocycles. The van der Waals surface area contributed by atoms with Crippen molar-refractivity contribution < 1.29 is 38.4 Å². The summed E-state index contributed by atoms with van der Waals surface area (Å²) in [6.07, 6.45) is 1.63. The molecule has 1 N–H and O–H groups in total. The van der Waals surface area contributed by atoms with Gasteiger partial charge >= 0.3 is 11.9 Å². The Morgan fingerprint density at radius 3 is 1.29 bits per heavy atom. The van der Waals surface area contributed by atoms with Gasteiger partial charge in [-0.05, 0) is 55.4 Å². The SMILES string of the molecule is CC1(C)CC(OC(=O)C[N+](C)(C)CC[N+](C)(C)CC(=O)OC2CC(C)(C)N(O)C(C)(C)C2)CC(C)(C)N1[O]. The fourth-order valence-electron chi connectivity index (χ4n) is 6.36. The number of esters is 2. The van der Waals surface area contributed by atoms with E-state index in [0.29, 0.717) is 47.7 Å². The van der Waals surface area contributed by atoms with E-state index in [1.54, 1.807) is 0 Å². The Labute approximate surface area is 230 Å². The number of likely N-dealkylation sites (N-methyl/N-ethyl adjacent to an activating group) is 2. The first kappa shape index (κ1) is 32.9. The van der Waals surface area contributed by atoms with Crippen molar-refractivity contribution in [2.45, 2.75) is 115 Å². The smallest absolute Gasteiger partial charge is 0.362 e. The van der Waals surface area contributed by atoms with Gasteiger partial charge in [0.15, 0.2) is 13.1 Å². The maximum atomic E-state index is 12.9. The van der Waals surface area contributed by atoms with E-state index in [9.17, 15) is 20.0 Å². The zero-order chi connectivity index (χ0) is 29.5. The van der Waals surface area contributed by atoms with Crippen molar-refractivity contribution in [3.05, 3.63) is 0 Å². The summed E-state index contributed by atoms with van der Waals surface area (Å²) >= 11 is 0. The minimum absolute atomic E-state index is 0.215. The Balaban J connectivity index is 1.86. The molecule has 10 heteroatoms. The Hall–Kier alpha value is -1.30. The fourth-order valence-corrected chi connectivity index (χ4v) is 6.36. The van der Waals surface area contributed by atoms with Crippen LogP contribution in [0.2, 0.25) is 0 Å². The van der Waals surface area contributed by atoms with Crippen molar-refractivity contribution in [3.63, 3.8) is 0 Å². The summed E-state index contributed by atoms with van der Waals surface area (Å²) in [4.78, 5) is 25.7. The molecule has 0 spiro atoms. The van der Waals surface area contributed by atoms with Crippen LogP contribution in [0.15, 0.2) is 0 Å². The number of carbonyl (C=O) groups excluding carboxylic acids is 2. The monoisotopic (exact) mass is 543 g/mol. The largest absolute Gasteiger partial charge is 0.458 e. The number of hydroxylamine groups is 4. The molecule has 0 saturated carbocycles. The molecule has 10 nitrogen and oxygen atoms in total. The van der Waals surface area contributed by atoms with Crippen LogP contribution in [0.5, 0.6) is 0 Å². The predicted octanol–water partition coefficient (Wildman–Crippen LogP) is 3.00. The van der Waals surface area contributed by atoms with Gasteiger partial charge in [-0.15, -0.1) is 10.3 Å². The number of quaternary nitrogens is 2. The number of hydrogen-bond acceptors (Lipinski definition) is 7. The van der Waals surface area contributed by atoms with Crippen molar-refractivity contribution in [1.29, 1.82) is 0 Å². The lowest BCUT2D eigenvalue weighted by molar-refractivity contribution is -0.939. The zero-order valence-electron chi connectivity index (χ0n) is 26.1. The van der Waals surface area contributed by atoms with Gasteiger partial charge in [-0.25, -0.2) is 9.59 Å². The van der Waals surface area contributed by atoms with E-state index in [0.717, 1.165) is 5.06 Å². The van der Waals surface area contributed by atoms with Crippen molar-refractivity contribution in [2.24, 2.45) is 0 Å². The van der Waals surface area contributed by atoms with Gasteiger partial charge < -0.3 is 23.6 Å². The molecular weight excluding hydrogens is 488 g/mol. The van der Waals surface area contributed by atoms with Gasteiger partial charge in [0.05, 0.1) is 28.2 Å². The number of nitrogens with zero attached hydrogens (tertiary/aromatic N) is 4. The summed E-state index contributed by atoms with van der Waals surface area (Å²) in [6, 6.07) is 0. The predicted molar refractivity (Wildman–Crippen MR) is 144 cm³/mol. The van der Waals surface area contributed by atoms with Crippen molar-refractivity contribution in [1.82, 2.24) is 10.1 Å². The summed E-state index contributed by atoms with van der Waals surface area (Å²) in [7, 11) is 7.95. The normalized spacial score (nSPS) is 24.7. The Kier molecular flexibility index (Phi) is 9.47. The second-order valence-electron chi connectivity index (χ2n) is 15.5. The van der Waals surface area contributed by atoms with Gasteiger partial charge in [0.1, 0.15) is 25.3 Å². The molecule has 0 aliphatic carbocycles. The quantitative estimate of drug-likeness (QED) is 0.353. The van der Waals surface area contributed by atoms with E-state index >= 15 is 0 Å². The number of hydrogen-bond donors (Lipinski definition) is 1. The Bertz CT molecular complexity index is 761. The van der Waals surface area contributed by atoms with Gasteiger partial charge in [-0.2, -0.15) is 5.06 Å². The molecule has 2 saturated heterocycles. The van der Waals surface area contributed by atoms with Crippen LogP contribution in [0.3, 0.4) is 0 Å². The molecule has 38 heavy (non-hydrogen) atoms. The molecule has 221 valence electrons. The van der Waals surface area contributed by atoms with Crippen molar-refractivity contribution >= 4 is 11.9 Å². The molecule has 0 bridgehead atoms. The maximum absolute atomic E-state index is 12.9. The second kappa shape index (κ2) is 10.9. The number of rotatable bonds is 9. The third-order valence-corrected chi connectivity index (χ3v) is 8.18. The highest BCUT2D eigenvalue weighted by Crippen LogP contribution is 2.39. The summed E-state index contributed by atoms with van der Waals surface area (Å²) in [5.74, 6) is -0.520. The average Bonchev–Trinajstić information content (AvgIpc) is 2.67. The fraction of sp³-hybridized carbons (Fsp3) is 0.929. The van der Waals surface area contributed by atoms with Gasteiger partial charge in [-0.1, -0.05) is 0 Å². The summed E-state index contributed by atoms with van der Waals surface area (Å²) < 4.78 is 12.6. The molecule has 0 aromatic rings. The molecule has 0 aromatic heterocycles. The van der Waals surface area contributed by atoms with E-state index in [-0.39, 0.29) is 37.2 Å². The molecule has 0 atom stereocenters. The van der Waals surface area contributed by atoms with Gasteiger partial charge in [-0.3, -0.25) is 0 Å². The first-order chi connectivity index (χ1) is 16.9. The first-order valence-electron chi connectivity index (χ1n) is 13.9. The zero-order valence-corrected chi connectivity index (χ0v) is 26.1. The molecule has 1 radical (unpaired) electrons. The number of ether oxygens (including phenoxy) is 2. The van der Waals surface area contributed by atoms with Crippen LogP contribution in [0.4, 0.5) is 0 Å². The molecule has 0 aromatic carbocycles. The van der Waals surface area contributed by atoms with Gasteiger partial charge in [0.25, 0.3) is 0 Å². The van der Waals surface area contributed by atoms with Crippen LogP contribution >= 0.6 is 0 Å². The molecule has 2 heterocycles. The van der Waals surface area contributed by atoms with Crippen LogP contribution in [-0.2, 0) is 24.3 Å². The summed E-state index contributed by atoms with van der Waals surface area (Å²) in [6.45, 7) is 17.2. The van der Waals surface area contributed by atoms with Crippen LogP contribution in [0, 0.1) is 0 Å². The van der Waals surface area contributed by atoms with E-state index in [1.807, 2.05) is 83.6 Å². The topological polar surface area (TPSA) is 99.2 Å². The number of carbonyl (C=O) groups is 2. The van der Waals surface area contributed by atoms with Crippen molar-refractivity contribution in [3.8, 4) is 0 Å². The van der Waals surface area contributed by atoms with E-state index in [1.165, 1.54) is 5.06 Å². The Morgan fingerprint density at radius 1 is 0.684 bits per heavy atom. The van der Waals surface area contributed by atoms with E-state index < -0.39 is 22.2 Å². The lowest BCUT2D eigenvalue weighted by Gasteiger charge is -2.50. The van der Waals surface area contributed by atoms with E-state index in [4.69, 9.17) is 9.47 Å². The van der Waals surface area contributed by atoms with Crippen LogP contribution in [-0.4, -0.2) is 125 Å². The van der Waals surface area contributed by atoms with Crippen LogP contribution in [0.1, 0.15) is 81.1 Å². The highest BCUT2D eigenvalue weighted by molar-refractivity contribution is 5.71. The standard InChI is InChI=1S/C28H55N4O6/c1-25(2)15-21(16-26(3,4)29(25)35)37-23(33)19-31(9,10)13-14-32(11,12)20-24(34)38-22-17-27(5,6)30(36)28(7,8)18-22/h21-22,35H,13-20H2,1-12H3/q+2. The van der Waals surface area contributed by atoms with E-state index in [2.05, 4.69) is 0 Å².